The summed E-state index contributed by atoms with van der Waals surface area (Å²) >= 11 is 0. The van der Waals surface area contributed by atoms with E-state index in [-0.39, 0.29) is 10.8 Å². The molecule has 252 valence electrons. The molecule has 0 N–H and O–H groups in total. The van der Waals surface area contributed by atoms with Gasteiger partial charge in [0, 0.05) is 28.1 Å². The van der Waals surface area contributed by atoms with E-state index in [1.807, 2.05) is 0 Å². The molecule has 7 aromatic rings. The molecule has 0 bridgehead atoms. The van der Waals surface area contributed by atoms with Crippen molar-refractivity contribution < 1.29 is 4.74 Å². The molecule has 0 spiro atoms. The van der Waals surface area contributed by atoms with E-state index in [9.17, 15) is 0 Å². The van der Waals surface area contributed by atoms with Gasteiger partial charge < -0.3 is 14.5 Å². The quantitative estimate of drug-likeness (QED) is 0.185. The van der Waals surface area contributed by atoms with Gasteiger partial charge in [-0.2, -0.15) is 0 Å². The van der Waals surface area contributed by atoms with Crippen molar-refractivity contribution in [3.05, 3.63) is 179 Å². The molecule has 0 unspecified atom stereocenters. The molecule has 0 aromatic heterocycles. The van der Waals surface area contributed by atoms with Crippen LogP contribution in [0.4, 0.5) is 34.1 Å². The topological polar surface area (TPSA) is 15.7 Å². The largest absolute Gasteiger partial charge is 0.453 e. The van der Waals surface area contributed by atoms with Gasteiger partial charge in [-0.25, -0.2) is 0 Å². The van der Waals surface area contributed by atoms with Crippen LogP contribution < -0.4 is 14.5 Å². The number of hydrogen-bond donors (Lipinski definition) is 0. The number of nitrogens with zero attached hydrogens (tertiary/aromatic N) is 2. The lowest BCUT2D eigenvalue weighted by molar-refractivity contribution is 0.471. The third-order valence-corrected chi connectivity index (χ3v) is 11.7. The van der Waals surface area contributed by atoms with Crippen molar-refractivity contribution in [2.45, 2.75) is 45.4 Å². The Kier molecular flexibility index (Phi) is 6.48. The molecule has 0 fully saturated rings. The highest BCUT2D eigenvalue weighted by Gasteiger charge is 2.43. The lowest BCUT2D eigenvalue weighted by Gasteiger charge is -2.46. The first-order chi connectivity index (χ1) is 25.2. The van der Waals surface area contributed by atoms with Crippen LogP contribution in [-0.2, 0) is 10.8 Å². The van der Waals surface area contributed by atoms with E-state index >= 15 is 0 Å². The standard InChI is InChI=1S/C49H40N2O/c1-31-16-15-25-44-46(31)51-43-24-14-12-22-39(43)49(4,5)41-29-34(30-45(52-44)47(41)51)50(42-23-13-10-19-35(42)32-17-7-6-8-18-32)33-26-27-37-36-20-9-11-21-38(36)48(2,3)40(37)28-33/h6-30H,1-5H3. The molecule has 3 nitrogen and oxygen atoms in total. The molecule has 2 aliphatic heterocycles. The number of ether oxygens (including phenoxy) is 1. The molecular weight excluding hydrogens is 633 g/mol. The van der Waals surface area contributed by atoms with E-state index in [1.165, 1.54) is 55.8 Å². The van der Waals surface area contributed by atoms with Gasteiger partial charge in [0.15, 0.2) is 11.5 Å². The molecule has 0 amide bonds. The number of rotatable bonds is 4. The molecule has 3 aliphatic rings. The highest BCUT2D eigenvalue weighted by Crippen LogP contribution is 2.62. The molecule has 0 atom stereocenters. The van der Waals surface area contributed by atoms with E-state index in [4.69, 9.17) is 4.74 Å². The minimum atomic E-state index is -0.289. The van der Waals surface area contributed by atoms with Gasteiger partial charge >= 0.3 is 0 Å². The molecule has 2 heterocycles. The van der Waals surface area contributed by atoms with Gasteiger partial charge in [0.05, 0.1) is 28.4 Å². The van der Waals surface area contributed by atoms with Crippen LogP contribution in [0, 0.1) is 6.92 Å². The van der Waals surface area contributed by atoms with E-state index in [2.05, 4.69) is 196 Å². The molecule has 0 saturated heterocycles. The second-order valence-corrected chi connectivity index (χ2v) is 15.5. The highest BCUT2D eigenvalue weighted by atomic mass is 16.5. The monoisotopic (exact) mass is 672 g/mol. The zero-order valence-electron chi connectivity index (χ0n) is 30.2. The molecule has 7 aromatic carbocycles. The van der Waals surface area contributed by atoms with Gasteiger partial charge in [-0.3, -0.25) is 0 Å². The summed E-state index contributed by atoms with van der Waals surface area (Å²) in [4.78, 5) is 4.90. The molecule has 0 saturated carbocycles. The van der Waals surface area contributed by atoms with Crippen molar-refractivity contribution in [3.8, 4) is 33.8 Å². The maximum Gasteiger partial charge on any atom is 0.153 e. The summed E-state index contributed by atoms with van der Waals surface area (Å²) in [6.45, 7) is 11.6. The van der Waals surface area contributed by atoms with Gasteiger partial charge in [-0.15, -0.1) is 0 Å². The first-order valence-corrected chi connectivity index (χ1v) is 18.3. The minimum Gasteiger partial charge on any atom is -0.453 e. The summed E-state index contributed by atoms with van der Waals surface area (Å²) in [5.41, 5.74) is 17.7. The Morgan fingerprint density at radius 1 is 0.481 bits per heavy atom. The summed E-state index contributed by atoms with van der Waals surface area (Å²) in [5, 5.41) is 0. The van der Waals surface area contributed by atoms with Crippen molar-refractivity contribution in [3.63, 3.8) is 0 Å². The second-order valence-electron chi connectivity index (χ2n) is 15.5. The second kappa shape index (κ2) is 11.0. The SMILES string of the molecule is Cc1cccc2c1N1c3ccccc3C(C)(C)c3cc(N(c4ccc5c(c4)C(C)(C)c4ccccc4-5)c4ccccc4-c4ccccc4)cc(c31)O2. The van der Waals surface area contributed by atoms with Crippen LogP contribution in [0.15, 0.2) is 152 Å². The van der Waals surface area contributed by atoms with Gasteiger partial charge in [0.25, 0.3) is 0 Å². The lowest BCUT2D eigenvalue weighted by Crippen LogP contribution is -2.33. The summed E-state index contributed by atoms with van der Waals surface area (Å²) in [6.07, 6.45) is 0. The summed E-state index contributed by atoms with van der Waals surface area (Å²) < 4.78 is 6.97. The maximum atomic E-state index is 6.97. The van der Waals surface area contributed by atoms with Gasteiger partial charge in [0.1, 0.15) is 0 Å². The van der Waals surface area contributed by atoms with Gasteiger partial charge in [0.2, 0.25) is 0 Å². The van der Waals surface area contributed by atoms with Crippen LogP contribution in [0.3, 0.4) is 0 Å². The molecule has 10 rings (SSSR count). The molecule has 52 heavy (non-hydrogen) atoms. The zero-order chi connectivity index (χ0) is 35.4. The molecule has 0 radical (unpaired) electrons. The van der Waals surface area contributed by atoms with E-state index in [0.717, 1.165) is 39.9 Å². The highest BCUT2D eigenvalue weighted by molar-refractivity contribution is 5.97. The average Bonchev–Trinajstić information content (AvgIpc) is 3.39. The van der Waals surface area contributed by atoms with Crippen LogP contribution in [-0.4, -0.2) is 0 Å². The summed E-state index contributed by atoms with van der Waals surface area (Å²) in [5.74, 6) is 1.74. The van der Waals surface area contributed by atoms with Crippen molar-refractivity contribution in [2.75, 3.05) is 9.80 Å². The number of benzene rings is 7. The van der Waals surface area contributed by atoms with E-state index in [1.54, 1.807) is 0 Å². The zero-order valence-corrected chi connectivity index (χ0v) is 30.2. The summed E-state index contributed by atoms with van der Waals surface area (Å²) in [7, 11) is 0. The first kappa shape index (κ1) is 30.7. The number of para-hydroxylation sites is 3. The van der Waals surface area contributed by atoms with Crippen LogP contribution in [0.5, 0.6) is 11.5 Å². The minimum absolute atomic E-state index is 0.134. The first-order valence-electron chi connectivity index (χ1n) is 18.3. The Hall–Kier alpha value is -6.06. The van der Waals surface area contributed by atoms with E-state index < -0.39 is 0 Å². The number of fused-ring (bicyclic) bond motifs is 7. The van der Waals surface area contributed by atoms with Crippen LogP contribution in [0.25, 0.3) is 22.3 Å². The van der Waals surface area contributed by atoms with Crippen molar-refractivity contribution in [1.29, 1.82) is 0 Å². The lowest BCUT2D eigenvalue weighted by atomic mass is 9.72. The van der Waals surface area contributed by atoms with Gasteiger partial charge in [-0.1, -0.05) is 137 Å². The fourth-order valence-corrected chi connectivity index (χ4v) is 9.11. The smallest absolute Gasteiger partial charge is 0.153 e. The Bertz CT molecular complexity index is 2580. The molecule has 1 aliphatic carbocycles. The van der Waals surface area contributed by atoms with Gasteiger partial charge in [-0.05, 0) is 87.8 Å². The fourth-order valence-electron chi connectivity index (χ4n) is 9.11. The predicted octanol–water partition coefficient (Wildman–Crippen LogP) is 13.7. The fraction of sp³-hybridized carbons (Fsp3) is 0.143. The normalized spacial score (nSPS) is 15.1. The van der Waals surface area contributed by atoms with Crippen LogP contribution in [0.2, 0.25) is 0 Å². The number of anilines is 6. The van der Waals surface area contributed by atoms with Crippen LogP contribution >= 0.6 is 0 Å². The summed E-state index contributed by atoms with van der Waals surface area (Å²) in [6, 6.07) is 55.4. The Balaban J connectivity index is 1.26. The molecular formula is C49H40N2O. The Labute approximate surface area is 306 Å². The third-order valence-electron chi connectivity index (χ3n) is 11.7. The maximum absolute atomic E-state index is 6.97. The average molecular weight is 673 g/mol. The Morgan fingerprint density at radius 2 is 1.13 bits per heavy atom. The van der Waals surface area contributed by atoms with Crippen molar-refractivity contribution in [1.82, 2.24) is 0 Å². The Morgan fingerprint density at radius 3 is 1.96 bits per heavy atom. The third kappa shape index (κ3) is 4.26. The number of aryl methyl sites for hydroxylation is 1. The van der Waals surface area contributed by atoms with E-state index in [0.29, 0.717) is 0 Å². The van der Waals surface area contributed by atoms with Crippen molar-refractivity contribution in [2.24, 2.45) is 0 Å². The number of hydrogen-bond acceptors (Lipinski definition) is 3. The predicted molar refractivity (Wildman–Crippen MR) is 216 cm³/mol. The van der Waals surface area contributed by atoms with Crippen molar-refractivity contribution >= 4 is 34.1 Å². The molecule has 3 heteroatoms. The van der Waals surface area contributed by atoms with Crippen LogP contribution in [0.1, 0.15) is 55.5 Å².